The molecule has 5 nitrogen and oxygen atoms in total. The smallest absolute Gasteiger partial charge is 0.228 e. The second kappa shape index (κ2) is 4.92. The standard InChI is InChI=1S/C12H21N3O2/c16-12(10-7-13-8-10)15-2-1-11(9-15)14-3-5-17-6-4-14/h10-11,13H,1-9H2. The first-order chi connectivity index (χ1) is 8.34. The first-order valence-corrected chi connectivity index (χ1v) is 6.66. The molecule has 17 heavy (non-hydrogen) atoms. The van der Waals surface area contributed by atoms with Crippen molar-refractivity contribution < 1.29 is 9.53 Å². The minimum absolute atomic E-state index is 0.249. The maximum Gasteiger partial charge on any atom is 0.228 e. The maximum absolute atomic E-state index is 12.1. The summed E-state index contributed by atoms with van der Waals surface area (Å²) in [6.45, 7) is 7.35. The lowest BCUT2D eigenvalue weighted by Gasteiger charge is -2.33. The van der Waals surface area contributed by atoms with Gasteiger partial charge in [-0.15, -0.1) is 0 Å². The number of ether oxygens (including phenoxy) is 1. The van der Waals surface area contributed by atoms with Gasteiger partial charge in [-0.25, -0.2) is 0 Å². The van der Waals surface area contributed by atoms with Gasteiger partial charge in [0.05, 0.1) is 19.1 Å². The van der Waals surface area contributed by atoms with Crippen LogP contribution in [0, 0.1) is 5.92 Å². The fourth-order valence-electron chi connectivity index (χ4n) is 2.90. The number of rotatable bonds is 2. The first-order valence-electron chi connectivity index (χ1n) is 6.66. The second-order valence-corrected chi connectivity index (χ2v) is 5.23. The van der Waals surface area contributed by atoms with Gasteiger partial charge in [0.1, 0.15) is 0 Å². The van der Waals surface area contributed by atoms with Crippen molar-refractivity contribution in [1.82, 2.24) is 15.1 Å². The zero-order valence-electron chi connectivity index (χ0n) is 10.2. The van der Waals surface area contributed by atoms with Crippen molar-refractivity contribution in [1.29, 1.82) is 0 Å². The van der Waals surface area contributed by atoms with Gasteiger partial charge in [0.2, 0.25) is 5.91 Å². The van der Waals surface area contributed by atoms with E-state index in [1.165, 1.54) is 0 Å². The van der Waals surface area contributed by atoms with Gasteiger partial charge in [-0.05, 0) is 6.42 Å². The van der Waals surface area contributed by atoms with Crippen LogP contribution in [0.5, 0.6) is 0 Å². The summed E-state index contributed by atoms with van der Waals surface area (Å²) in [5, 5.41) is 3.17. The highest BCUT2D eigenvalue weighted by atomic mass is 16.5. The van der Waals surface area contributed by atoms with Crippen molar-refractivity contribution >= 4 is 5.91 Å². The van der Waals surface area contributed by atoms with Gasteiger partial charge >= 0.3 is 0 Å². The van der Waals surface area contributed by atoms with Gasteiger partial charge in [0, 0.05) is 45.3 Å². The summed E-state index contributed by atoms with van der Waals surface area (Å²) in [4.78, 5) is 16.6. The molecule has 3 aliphatic heterocycles. The number of hydrogen-bond donors (Lipinski definition) is 1. The average molecular weight is 239 g/mol. The summed E-state index contributed by atoms with van der Waals surface area (Å²) in [6, 6.07) is 0.566. The Morgan fingerprint density at radius 2 is 1.94 bits per heavy atom. The van der Waals surface area contributed by atoms with Gasteiger partial charge in [-0.3, -0.25) is 9.69 Å². The SMILES string of the molecule is O=C(C1CNC1)N1CCC(N2CCOCC2)C1. The van der Waals surface area contributed by atoms with Crippen molar-refractivity contribution in [2.75, 3.05) is 52.5 Å². The van der Waals surface area contributed by atoms with E-state index in [1.807, 2.05) is 0 Å². The summed E-state index contributed by atoms with van der Waals surface area (Å²) >= 11 is 0. The number of amides is 1. The van der Waals surface area contributed by atoms with E-state index in [0.717, 1.165) is 58.9 Å². The van der Waals surface area contributed by atoms with E-state index in [4.69, 9.17) is 4.74 Å². The zero-order chi connectivity index (χ0) is 11.7. The lowest BCUT2D eigenvalue weighted by Crippen LogP contribution is -2.52. The van der Waals surface area contributed by atoms with Crippen LogP contribution in [-0.2, 0) is 9.53 Å². The fraction of sp³-hybridized carbons (Fsp3) is 0.917. The lowest BCUT2D eigenvalue weighted by atomic mass is 10.0. The molecule has 1 atom stereocenters. The molecule has 3 aliphatic rings. The summed E-state index contributed by atoms with van der Waals surface area (Å²) < 4.78 is 5.37. The van der Waals surface area contributed by atoms with Crippen molar-refractivity contribution in [3.63, 3.8) is 0 Å². The minimum atomic E-state index is 0.249. The van der Waals surface area contributed by atoms with Crippen molar-refractivity contribution in [2.24, 2.45) is 5.92 Å². The Hall–Kier alpha value is -0.650. The third-order valence-electron chi connectivity index (χ3n) is 4.17. The van der Waals surface area contributed by atoms with E-state index >= 15 is 0 Å². The van der Waals surface area contributed by atoms with Crippen molar-refractivity contribution in [3.05, 3.63) is 0 Å². The van der Waals surface area contributed by atoms with E-state index in [9.17, 15) is 4.79 Å². The average Bonchev–Trinajstić information content (AvgIpc) is 2.77. The number of nitrogens with zero attached hydrogens (tertiary/aromatic N) is 2. The molecule has 3 rings (SSSR count). The summed E-state index contributed by atoms with van der Waals surface area (Å²) in [5.41, 5.74) is 0. The van der Waals surface area contributed by atoms with Crippen LogP contribution in [0.25, 0.3) is 0 Å². The molecule has 0 bridgehead atoms. The Kier molecular flexibility index (Phi) is 3.31. The van der Waals surface area contributed by atoms with E-state index in [1.54, 1.807) is 0 Å². The van der Waals surface area contributed by atoms with Crippen LogP contribution in [0.3, 0.4) is 0 Å². The molecule has 3 fully saturated rings. The fourth-order valence-corrected chi connectivity index (χ4v) is 2.90. The molecule has 1 N–H and O–H groups in total. The molecule has 0 aromatic rings. The molecule has 0 aromatic carbocycles. The molecule has 1 amide bonds. The van der Waals surface area contributed by atoms with E-state index in [0.29, 0.717) is 11.9 Å². The molecule has 1 unspecified atom stereocenters. The molecular formula is C12H21N3O2. The van der Waals surface area contributed by atoms with Crippen LogP contribution in [-0.4, -0.2) is 74.2 Å². The minimum Gasteiger partial charge on any atom is -0.379 e. The van der Waals surface area contributed by atoms with Crippen LogP contribution in [0.1, 0.15) is 6.42 Å². The molecule has 96 valence electrons. The largest absolute Gasteiger partial charge is 0.379 e. The van der Waals surface area contributed by atoms with Crippen LogP contribution >= 0.6 is 0 Å². The van der Waals surface area contributed by atoms with E-state index < -0.39 is 0 Å². The molecule has 5 heteroatoms. The number of likely N-dealkylation sites (tertiary alicyclic amines) is 1. The maximum atomic E-state index is 12.1. The first kappa shape index (κ1) is 11.4. The molecular weight excluding hydrogens is 218 g/mol. The lowest BCUT2D eigenvalue weighted by molar-refractivity contribution is -0.136. The Morgan fingerprint density at radius 1 is 1.18 bits per heavy atom. The summed E-state index contributed by atoms with van der Waals surface area (Å²) in [7, 11) is 0. The van der Waals surface area contributed by atoms with Crippen LogP contribution in [0.2, 0.25) is 0 Å². The summed E-state index contributed by atoms with van der Waals surface area (Å²) in [5.74, 6) is 0.609. The Labute approximate surface area is 102 Å². The molecule has 0 spiro atoms. The Balaban J connectivity index is 1.52. The highest BCUT2D eigenvalue weighted by Gasteiger charge is 2.35. The normalized spacial score (nSPS) is 31.5. The van der Waals surface area contributed by atoms with Crippen LogP contribution in [0.4, 0.5) is 0 Å². The zero-order valence-corrected chi connectivity index (χ0v) is 10.2. The highest BCUT2D eigenvalue weighted by molar-refractivity contribution is 5.80. The van der Waals surface area contributed by atoms with Crippen molar-refractivity contribution in [2.45, 2.75) is 12.5 Å². The van der Waals surface area contributed by atoms with E-state index in [-0.39, 0.29) is 5.92 Å². The third-order valence-corrected chi connectivity index (χ3v) is 4.17. The number of nitrogens with one attached hydrogen (secondary N) is 1. The predicted octanol–water partition coefficient (Wildman–Crippen LogP) is -0.861. The van der Waals surface area contributed by atoms with Gasteiger partial charge in [-0.2, -0.15) is 0 Å². The van der Waals surface area contributed by atoms with E-state index in [2.05, 4.69) is 15.1 Å². The van der Waals surface area contributed by atoms with Gasteiger partial charge < -0.3 is 15.0 Å². The second-order valence-electron chi connectivity index (χ2n) is 5.23. The highest BCUT2D eigenvalue weighted by Crippen LogP contribution is 2.19. The Morgan fingerprint density at radius 3 is 2.59 bits per heavy atom. The van der Waals surface area contributed by atoms with Gasteiger partial charge in [0.15, 0.2) is 0 Å². The number of hydrogen-bond acceptors (Lipinski definition) is 4. The molecule has 0 saturated carbocycles. The molecule has 3 heterocycles. The monoisotopic (exact) mass is 239 g/mol. The van der Waals surface area contributed by atoms with Crippen LogP contribution in [0.15, 0.2) is 0 Å². The third kappa shape index (κ3) is 2.32. The quantitative estimate of drug-likeness (QED) is 0.681. The number of carbonyl (C=O) groups excluding carboxylic acids is 1. The Bertz CT molecular complexity index is 287. The number of morpholine rings is 1. The predicted molar refractivity (Wildman–Crippen MR) is 63.7 cm³/mol. The van der Waals surface area contributed by atoms with Crippen molar-refractivity contribution in [3.8, 4) is 0 Å². The summed E-state index contributed by atoms with van der Waals surface area (Å²) in [6.07, 6.45) is 1.13. The van der Waals surface area contributed by atoms with Gasteiger partial charge in [-0.1, -0.05) is 0 Å². The molecule has 3 saturated heterocycles. The number of carbonyl (C=O) groups is 1. The van der Waals surface area contributed by atoms with Crippen LogP contribution < -0.4 is 5.32 Å². The molecule has 0 radical (unpaired) electrons. The molecule has 0 aromatic heterocycles. The molecule has 0 aliphatic carbocycles. The topological polar surface area (TPSA) is 44.8 Å². The van der Waals surface area contributed by atoms with Gasteiger partial charge in [0.25, 0.3) is 0 Å².